The zero-order valence-electron chi connectivity index (χ0n) is 7.82. The Morgan fingerprint density at radius 2 is 2.07 bits per heavy atom. The minimum atomic E-state index is -0.00820. The molecule has 0 radical (unpaired) electrons. The molecule has 0 fully saturated rings. The van der Waals surface area contributed by atoms with Gasteiger partial charge in [0.15, 0.2) is 5.78 Å². The minimum absolute atomic E-state index is 0.00820. The van der Waals surface area contributed by atoms with Gasteiger partial charge in [0.25, 0.3) is 0 Å². The first-order valence-electron chi connectivity index (χ1n) is 4.16. The Labute approximate surface area is 82.7 Å². The van der Waals surface area contributed by atoms with Gasteiger partial charge in [-0.3, -0.25) is 4.79 Å². The first-order valence-corrected chi connectivity index (χ1v) is 4.16. The summed E-state index contributed by atoms with van der Waals surface area (Å²) in [6, 6.07) is 9.01. The van der Waals surface area contributed by atoms with E-state index in [9.17, 15) is 4.79 Å². The van der Waals surface area contributed by atoms with Gasteiger partial charge in [0.05, 0.1) is 11.6 Å². The highest BCUT2D eigenvalue weighted by molar-refractivity contribution is 5.87. The lowest BCUT2D eigenvalue weighted by Gasteiger charge is -1.98. The highest BCUT2D eigenvalue weighted by Gasteiger charge is 1.90. The highest BCUT2D eigenvalue weighted by atomic mass is 16.1. The molecule has 0 atom stereocenters. The predicted octanol–water partition coefficient (Wildman–Crippen LogP) is 2.07. The molecule has 3 heteroatoms. The van der Waals surface area contributed by atoms with Gasteiger partial charge in [0.1, 0.15) is 0 Å². The van der Waals surface area contributed by atoms with Gasteiger partial charge in [-0.2, -0.15) is 5.26 Å². The van der Waals surface area contributed by atoms with Crippen molar-refractivity contribution in [2.45, 2.75) is 6.92 Å². The number of benzene rings is 1. The summed E-state index contributed by atoms with van der Waals surface area (Å²) in [5.74, 6) is -0.00820. The van der Waals surface area contributed by atoms with Crippen LogP contribution >= 0.6 is 0 Å². The molecule has 1 aromatic carbocycles. The van der Waals surface area contributed by atoms with Gasteiger partial charge in [0.2, 0.25) is 0 Å². The second kappa shape index (κ2) is 4.83. The van der Waals surface area contributed by atoms with E-state index in [0.29, 0.717) is 5.56 Å². The Kier molecular flexibility index (Phi) is 3.45. The van der Waals surface area contributed by atoms with Crippen molar-refractivity contribution in [1.29, 1.82) is 5.26 Å². The monoisotopic (exact) mass is 186 g/mol. The van der Waals surface area contributed by atoms with Crippen molar-refractivity contribution in [2.75, 3.05) is 5.32 Å². The van der Waals surface area contributed by atoms with Crippen LogP contribution < -0.4 is 5.32 Å². The van der Waals surface area contributed by atoms with E-state index in [1.807, 2.05) is 6.07 Å². The van der Waals surface area contributed by atoms with Crippen molar-refractivity contribution in [3.8, 4) is 6.07 Å². The zero-order chi connectivity index (χ0) is 10.4. The Hall–Kier alpha value is -2.08. The molecule has 0 amide bonds. The molecule has 0 heterocycles. The van der Waals surface area contributed by atoms with Crippen molar-refractivity contribution in [3.05, 3.63) is 42.1 Å². The predicted molar refractivity (Wildman–Crippen MR) is 54.6 cm³/mol. The Morgan fingerprint density at radius 3 is 2.57 bits per heavy atom. The molecule has 70 valence electrons. The maximum absolute atomic E-state index is 10.6. The maximum atomic E-state index is 10.6. The third-order valence-corrected chi connectivity index (χ3v) is 1.58. The first-order chi connectivity index (χ1) is 6.72. The van der Waals surface area contributed by atoms with Gasteiger partial charge in [-0.1, -0.05) is 0 Å². The molecule has 3 nitrogen and oxygen atoms in total. The SMILES string of the molecule is CC(=O)/C=C/Nc1ccc(C#N)cc1. The van der Waals surface area contributed by atoms with E-state index in [1.165, 1.54) is 13.0 Å². The Bertz CT molecular complexity index is 385. The van der Waals surface area contributed by atoms with Crippen molar-refractivity contribution in [3.63, 3.8) is 0 Å². The largest absolute Gasteiger partial charge is 0.362 e. The highest BCUT2D eigenvalue weighted by Crippen LogP contribution is 2.08. The molecule has 0 unspecified atom stereocenters. The third-order valence-electron chi connectivity index (χ3n) is 1.58. The van der Waals surface area contributed by atoms with Crippen molar-refractivity contribution < 1.29 is 4.79 Å². The van der Waals surface area contributed by atoms with Crippen LogP contribution in [0.3, 0.4) is 0 Å². The van der Waals surface area contributed by atoms with Crippen LogP contribution in [0.4, 0.5) is 5.69 Å². The van der Waals surface area contributed by atoms with Gasteiger partial charge < -0.3 is 5.32 Å². The number of carbonyl (C=O) groups is 1. The zero-order valence-corrected chi connectivity index (χ0v) is 7.82. The van der Waals surface area contributed by atoms with Gasteiger partial charge >= 0.3 is 0 Å². The van der Waals surface area contributed by atoms with Crippen LogP contribution in [0.15, 0.2) is 36.5 Å². The maximum Gasteiger partial charge on any atom is 0.154 e. The topological polar surface area (TPSA) is 52.9 Å². The number of anilines is 1. The standard InChI is InChI=1S/C11H10N2O/c1-9(14)6-7-13-11-4-2-10(8-12)3-5-11/h2-7,13H,1H3/b7-6+. The lowest BCUT2D eigenvalue weighted by molar-refractivity contribution is -0.112. The first kappa shape index (κ1) is 10.0. The quantitative estimate of drug-likeness (QED) is 0.735. The lowest BCUT2D eigenvalue weighted by atomic mass is 10.2. The number of nitriles is 1. The van der Waals surface area contributed by atoms with E-state index in [2.05, 4.69) is 5.32 Å². The van der Waals surface area contributed by atoms with E-state index in [0.717, 1.165) is 5.69 Å². The number of nitrogens with one attached hydrogen (secondary N) is 1. The average molecular weight is 186 g/mol. The van der Waals surface area contributed by atoms with E-state index in [4.69, 9.17) is 5.26 Å². The fourth-order valence-corrected chi connectivity index (χ4v) is 0.896. The van der Waals surface area contributed by atoms with Crippen molar-refractivity contribution in [1.82, 2.24) is 0 Å². The molecule has 14 heavy (non-hydrogen) atoms. The second-order valence-electron chi connectivity index (χ2n) is 2.78. The van der Waals surface area contributed by atoms with E-state index in [1.54, 1.807) is 30.5 Å². The lowest BCUT2D eigenvalue weighted by Crippen LogP contribution is -1.89. The van der Waals surface area contributed by atoms with Gasteiger partial charge in [-0.25, -0.2) is 0 Å². The molecule has 0 aliphatic rings. The van der Waals surface area contributed by atoms with Crippen LogP contribution in [0, 0.1) is 11.3 Å². The fraction of sp³-hybridized carbons (Fsp3) is 0.0909. The molecular formula is C11H10N2O. The van der Waals surface area contributed by atoms with E-state index >= 15 is 0 Å². The molecule has 1 aromatic rings. The smallest absolute Gasteiger partial charge is 0.154 e. The van der Waals surface area contributed by atoms with Crippen LogP contribution in [0.2, 0.25) is 0 Å². The second-order valence-corrected chi connectivity index (χ2v) is 2.78. The minimum Gasteiger partial charge on any atom is -0.362 e. The van der Waals surface area contributed by atoms with Crippen molar-refractivity contribution in [2.24, 2.45) is 0 Å². The molecular weight excluding hydrogens is 176 g/mol. The number of hydrogen-bond acceptors (Lipinski definition) is 3. The Balaban J connectivity index is 2.61. The number of ketones is 1. The molecule has 0 saturated carbocycles. The van der Waals surface area contributed by atoms with Crippen molar-refractivity contribution >= 4 is 11.5 Å². The molecule has 0 aromatic heterocycles. The summed E-state index contributed by atoms with van der Waals surface area (Å²) < 4.78 is 0. The molecule has 0 saturated heterocycles. The Morgan fingerprint density at radius 1 is 1.43 bits per heavy atom. The van der Waals surface area contributed by atoms with Crippen LogP contribution in [-0.2, 0) is 4.79 Å². The fourth-order valence-electron chi connectivity index (χ4n) is 0.896. The van der Waals surface area contributed by atoms with Crippen LogP contribution in [-0.4, -0.2) is 5.78 Å². The summed E-state index contributed by atoms with van der Waals surface area (Å²) in [4.78, 5) is 10.6. The molecule has 0 aliphatic carbocycles. The number of hydrogen-bond donors (Lipinski definition) is 1. The van der Waals surface area contributed by atoms with E-state index in [-0.39, 0.29) is 5.78 Å². The molecule has 1 N–H and O–H groups in total. The normalized spacial score (nSPS) is 9.71. The molecule has 0 bridgehead atoms. The molecule has 1 rings (SSSR count). The van der Waals surface area contributed by atoms with Gasteiger partial charge in [-0.15, -0.1) is 0 Å². The third kappa shape index (κ3) is 3.11. The number of carbonyl (C=O) groups excluding carboxylic acids is 1. The van der Waals surface area contributed by atoms with Gasteiger partial charge in [-0.05, 0) is 37.3 Å². The molecule has 0 aliphatic heterocycles. The number of nitrogens with zero attached hydrogens (tertiary/aromatic N) is 1. The summed E-state index contributed by atoms with van der Waals surface area (Å²) in [5.41, 5.74) is 1.47. The summed E-state index contributed by atoms with van der Waals surface area (Å²) in [5, 5.41) is 11.5. The molecule has 0 spiro atoms. The van der Waals surface area contributed by atoms with Crippen LogP contribution in [0.5, 0.6) is 0 Å². The summed E-state index contributed by atoms with van der Waals surface area (Å²) in [7, 11) is 0. The van der Waals surface area contributed by atoms with Gasteiger partial charge in [0, 0.05) is 11.9 Å². The van der Waals surface area contributed by atoms with E-state index < -0.39 is 0 Å². The summed E-state index contributed by atoms with van der Waals surface area (Å²) >= 11 is 0. The average Bonchev–Trinajstić information content (AvgIpc) is 2.18. The summed E-state index contributed by atoms with van der Waals surface area (Å²) in [6.45, 7) is 1.48. The number of rotatable bonds is 3. The number of allylic oxidation sites excluding steroid dienone is 1. The van der Waals surface area contributed by atoms with Crippen LogP contribution in [0.25, 0.3) is 0 Å². The van der Waals surface area contributed by atoms with Crippen LogP contribution in [0.1, 0.15) is 12.5 Å². The summed E-state index contributed by atoms with van der Waals surface area (Å²) in [6.07, 6.45) is 3.02.